The SMILES string of the molecule is O=C(O)c1ccc(N2C(=O)c3[nH]nc(-c4ccccc4)c3[C@H]2c2ccccc2[N+](=O)[O-])cc1. The van der Waals surface area contributed by atoms with Gasteiger partial charge in [0, 0.05) is 22.9 Å². The standard InChI is InChI=1S/C24H16N4O5/c29-23-21-19(20(25-26-21)14-6-2-1-3-7-14)22(17-8-4-5-9-18(17)28(32)33)27(23)16-12-10-15(11-13-16)24(30)31/h1-13,22H,(H,25,26)(H,30,31)/t22-/m1/s1. The Morgan fingerprint density at radius 2 is 1.67 bits per heavy atom. The van der Waals surface area contributed by atoms with Crippen LogP contribution in [-0.4, -0.2) is 32.1 Å². The van der Waals surface area contributed by atoms with E-state index in [-0.39, 0.29) is 16.9 Å². The Morgan fingerprint density at radius 3 is 2.33 bits per heavy atom. The van der Waals surface area contributed by atoms with E-state index >= 15 is 0 Å². The lowest BCUT2D eigenvalue weighted by Crippen LogP contribution is -2.29. The van der Waals surface area contributed by atoms with Gasteiger partial charge in [-0.05, 0) is 30.3 Å². The number of carbonyl (C=O) groups is 2. The summed E-state index contributed by atoms with van der Waals surface area (Å²) >= 11 is 0. The van der Waals surface area contributed by atoms with Crippen molar-refractivity contribution >= 4 is 23.3 Å². The van der Waals surface area contributed by atoms with Gasteiger partial charge < -0.3 is 5.11 Å². The highest BCUT2D eigenvalue weighted by Gasteiger charge is 2.45. The number of amides is 1. The number of hydrogen-bond donors (Lipinski definition) is 2. The van der Waals surface area contributed by atoms with Crippen molar-refractivity contribution in [3.05, 3.63) is 111 Å². The molecule has 1 atom stereocenters. The maximum atomic E-state index is 13.5. The lowest BCUT2D eigenvalue weighted by atomic mass is 9.94. The second-order valence-corrected chi connectivity index (χ2v) is 7.47. The van der Waals surface area contributed by atoms with Crippen LogP contribution in [0.1, 0.15) is 38.0 Å². The van der Waals surface area contributed by atoms with E-state index in [1.54, 1.807) is 18.2 Å². The summed E-state index contributed by atoms with van der Waals surface area (Å²) in [6, 6.07) is 20.5. The summed E-state index contributed by atoms with van der Waals surface area (Å²) in [4.78, 5) is 37.6. The summed E-state index contributed by atoms with van der Waals surface area (Å²) in [6.07, 6.45) is 0. The van der Waals surface area contributed by atoms with Gasteiger partial charge in [0.05, 0.1) is 27.8 Å². The minimum absolute atomic E-state index is 0.0674. The average molecular weight is 440 g/mol. The molecule has 2 heterocycles. The van der Waals surface area contributed by atoms with Crippen LogP contribution in [0, 0.1) is 10.1 Å². The number of carboxylic acid groups (broad SMARTS) is 1. The van der Waals surface area contributed by atoms with Gasteiger partial charge >= 0.3 is 5.97 Å². The molecule has 0 unspecified atom stereocenters. The Balaban J connectivity index is 1.75. The summed E-state index contributed by atoms with van der Waals surface area (Å²) in [5.74, 6) is -1.50. The molecule has 1 aliphatic rings. The highest BCUT2D eigenvalue weighted by atomic mass is 16.6. The van der Waals surface area contributed by atoms with E-state index in [1.807, 2.05) is 30.3 Å². The normalized spacial score (nSPS) is 14.8. The van der Waals surface area contributed by atoms with Crippen LogP contribution in [0.4, 0.5) is 11.4 Å². The van der Waals surface area contributed by atoms with Gasteiger partial charge in [-0.25, -0.2) is 4.79 Å². The summed E-state index contributed by atoms with van der Waals surface area (Å²) in [6.45, 7) is 0. The summed E-state index contributed by atoms with van der Waals surface area (Å²) in [5, 5.41) is 28.2. The quantitative estimate of drug-likeness (QED) is 0.349. The maximum Gasteiger partial charge on any atom is 0.335 e. The van der Waals surface area contributed by atoms with Crippen LogP contribution < -0.4 is 4.90 Å². The van der Waals surface area contributed by atoms with Crippen molar-refractivity contribution in [3.8, 4) is 11.3 Å². The average Bonchev–Trinajstić information content (AvgIpc) is 3.38. The third-order valence-corrected chi connectivity index (χ3v) is 5.64. The lowest BCUT2D eigenvalue weighted by molar-refractivity contribution is -0.385. The molecule has 2 N–H and O–H groups in total. The van der Waals surface area contributed by atoms with Crippen molar-refractivity contribution < 1.29 is 19.6 Å². The number of fused-ring (bicyclic) bond motifs is 1. The van der Waals surface area contributed by atoms with Crippen LogP contribution in [0.3, 0.4) is 0 Å². The lowest BCUT2D eigenvalue weighted by Gasteiger charge is -2.26. The second-order valence-electron chi connectivity index (χ2n) is 7.47. The number of nitro benzene ring substituents is 1. The molecule has 162 valence electrons. The number of aromatic carboxylic acids is 1. The van der Waals surface area contributed by atoms with Gasteiger partial charge in [-0.2, -0.15) is 5.10 Å². The molecule has 0 aliphatic carbocycles. The van der Waals surface area contributed by atoms with Gasteiger partial charge in [-0.15, -0.1) is 0 Å². The first-order valence-electron chi connectivity index (χ1n) is 10.0. The van der Waals surface area contributed by atoms with Crippen LogP contribution in [0.15, 0.2) is 78.9 Å². The van der Waals surface area contributed by atoms with Crippen molar-refractivity contribution in [2.24, 2.45) is 0 Å². The Morgan fingerprint density at radius 1 is 1.00 bits per heavy atom. The second kappa shape index (κ2) is 7.72. The summed E-state index contributed by atoms with van der Waals surface area (Å²) in [5.41, 5.74) is 2.73. The van der Waals surface area contributed by atoms with E-state index < -0.39 is 22.8 Å². The molecular weight excluding hydrogens is 424 g/mol. The molecular formula is C24H16N4O5. The Labute approximate surface area is 187 Å². The Kier molecular flexibility index (Phi) is 4.71. The first-order chi connectivity index (χ1) is 16.0. The molecule has 0 saturated heterocycles. The van der Waals surface area contributed by atoms with Gasteiger partial charge in [0.2, 0.25) is 0 Å². The van der Waals surface area contributed by atoms with Crippen molar-refractivity contribution in [2.75, 3.05) is 4.90 Å². The highest BCUT2D eigenvalue weighted by Crippen LogP contribution is 2.47. The molecule has 3 aromatic carbocycles. The number of para-hydroxylation sites is 1. The monoisotopic (exact) mass is 440 g/mol. The molecule has 33 heavy (non-hydrogen) atoms. The van der Waals surface area contributed by atoms with Crippen LogP contribution in [0.5, 0.6) is 0 Å². The molecule has 0 saturated carbocycles. The number of carboxylic acids is 1. The van der Waals surface area contributed by atoms with Crippen LogP contribution >= 0.6 is 0 Å². The molecule has 9 heteroatoms. The summed E-state index contributed by atoms with van der Waals surface area (Å²) < 4.78 is 0. The molecule has 0 spiro atoms. The Bertz CT molecular complexity index is 1400. The van der Waals surface area contributed by atoms with Gasteiger partial charge in [0.25, 0.3) is 11.6 Å². The fraction of sp³-hybridized carbons (Fsp3) is 0.0417. The molecule has 9 nitrogen and oxygen atoms in total. The predicted molar refractivity (Wildman–Crippen MR) is 119 cm³/mol. The van der Waals surface area contributed by atoms with Gasteiger partial charge in [0.1, 0.15) is 5.69 Å². The molecule has 5 rings (SSSR count). The number of aromatic nitrogens is 2. The number of anilines is 1. The number of rotatable bonds is 5. The maximum absolute atomic E-state index is 13.5. The molecule has 1 amide bonds. The number of carbonyl (C=O) groups excluding carboxylic acids is 1. The molecule has 1 aliphatic heterocycles. The van der Waals surface area contributed by atoms with E-state index in [9.17, 15) is 24.8 Å². The van der Waals surface area contributed by atoms with Crippen molar-refractivity contribution in [1.82, 2.24) is 10.2 Å². The fourth-order valence-electron chi connectivity index (χ4n) is 4.17. The van der Waals surface area contributed by atoms with Crippen LogP contribution in [-0.2, 0) is 0 Å². The number of H-pyrrole nitrogens is 1. The minimum Gasteiger partial charge on any atom is -0.478 e. The van der Waals surface area contributed by atoms with Crippen LogP contribution in [0.25, 0.3) is 11.3 Å². The van der Waals surface area contributed by atoms with E-state index in [1.165, 1.54) is 35.2 Å². The van der Waals surface area contributed by atoms with Gasteiger partial charge in [-0.1, -0.05) is 42.5 Å². The van der Waals surface area contributed by atoms with Gasteiger partial charge in [-0.3, -0.25) is 24.9 Å². The number of benzene rings is 3. The summed E-state index contributed by atoms with van der Waals surface area (Å²) in [7, 11) is 0. The number of hydrogen-bond acceptors (Lipinski definition) is 5. The smallest absolute Gasteiger partial charge is 0.335 e. The first-order valence-corrected chi connectivity index (χ1v) is 10.0. The van der Waals surface area contributed by atoms with E-state index in [0.717, 1.165) is 5.56 Å². The van der Waals surface area contributed by atoms with Gasteiger partial charge in [0.15, 0.2) is 0 Å². The Hall–Kier alpha value is -4.79. The van der Waals surface area contributed by atoms with Crippen molar-refractivity contribution in [2.45, 2.75) is 6.04 Å². The fourth-order valence-corrected chi connectivity index (χ4v) is 4.17. The zero-order valence-corrected chi connectivity index (χ0v) is 17.0. The minimum atomic E-state index is -1.09. The number of aromatic amines is 1. The molecule has 4 aromatic rings. The molecule has 0 radical (unpaired) electrons. The molecule has 0 fully saturated rings. The highest BCUT2D eigenvalue weighted by molar-refractivity contribution is 6.12. The predicted octanol–water partition coefficient (Wildman–Crippen LogP) is 4.43. The zero-order valence-electron chi connectivity index (χ0n) is 17.0. The van der Waals surface area contributed by atoms with Crippen LogP contribution in [0.2, 0.25) is 0 Å². The topological polar surface area (TPSA) is 129 Å². The zero-order chi connectivity index (χ0) is 23.1. The number of nitrogens with zero attached hydrogens (tertiary/aromatic N) is 3. The largest absolute Gasteiger partial charge is 0.478 e. The third kappa shape index (κ3) is 3.23. The van der Waals surface area contributed by atoms with Crippen molar-refractivity contribution in [3.63, 3.8) is 0 Å². The van der Waals surface area contributed by atoms with Crippen molar-refractivity contribution in [1.29, 1.82) is 0 Å². The molecule has 1 aromatic heterocycles. The van der Waals surface area contributed by atoms with E-state index in [2.05, 4.69) is 10.2 Å². The number of nitrogens with one attached hydrogen (secondary N) is 1. The molecule has 0 bridgehead atoms. The first kappa shape index (κ1) is 20.1. The third-order valence-electron chi connectivity index (χ3n) is 5.64. The van der Waals surface area contributed by atoms with E-state index in [0.29, 0.717) is 22.5 Å². The van der Waals surface area contributed by atoms with E-state index in [4.69, 9.17) is 0 Å². The number of nitro groups is 1.